The van der Waals surface area contributed by atoms with Crippen LogP contribution in [0, 0.1) is 6.92 Å². The van der Waals surface area contributed by atoms with Crippen LogP contribution in [0.2, 0.25) is 0 Å². The summed E-state index contributed by atoms with van der Waals surface area (Å²) in [6.07, 6.45) is 0.982. The van der Waals surface area contributed by atoms with Crippen LogP contribution in [0.3, 0.4) is 0 Å². The molecular weight excluding hydrogens is 184 g/mol. The Labute approximate surface area is 82.5 Å². The van der Waals surface area contributed by atoms with Crippen LogP contribution in [-0.4, -0.2) is 12.6 Å². The maximum Gasteiger partial charge on any atom is 0.348 e. The van der Waals surface area contributed by atoms with Crippen LogP contribution in [0.4, 0.5) is 0 Å². The normalized spacial score (nSPS) is 10.1. The van der Waals surface area contributed by atoms with Gasteiger partial charge in [-0.25, -0.2) is 4.79 Å². The molecule has 0 saturated heterocycles. The van der Waals surface area contributed by atoms with E-state index < -0.39 is 0 Å². The minimum Gasteiger partial charge on any atom is -0.462 e. The summed E-state index contributed by atoms with van der Waals surface area (Å²) in [6, 6.07) is 1.90. The Morgan fingerprint density at radius 1 is 1.54 bits per heavy atom. The first-order chi connectivity index (χ1) is 6.19. The van der Waals surface area contributed by atoms with E-state index in [1.165, 1.54) is 21.8 Å². The molecule has 0 atom stereocenters. The van der Waals surface area contributed by atoms with Gasteiger partial charge in [0.25, 0.3) is 0 Å². The van der Waals surface area contributed by atoms with Crippen molar-refractivity contribution in [2.45, 2.75) is 27.2 Å². The van der Waals surface area contributed by atoms with Crippen molar-refractivity contribution >= 4 is 17.3 Å². The van der Waals surface area contributed by atoms with Crippen LogP contribution in [0.5, 0.6) is 0 Å². The van der Waals surface area contributed by atoms with Crippen LogP contribution in [0.1, 0.15) is 34.0 Å². The van der Waals surface area contributed by atoms with E-state index in [0.717, 1.165) is 11.3 Å². The zero-order chi connectivity index (χ0) is 9.84. The minimum absolute atomic E-state index is 0.199. The second-order valence-electron chi connectivity index (χ2n) is 2.79. The number of carbonyl (C=O) groups is 1. The molecule has 0 aliphatic heterocycles. The summed E-state index contributed by atoms with van der Waals surface area (Å²) < 4.78 is 4.91. The summed E-state index contributed by atoms with van der Waals surface area (Å²) in [6.45, 7) is 6.38. The van der Waals surface area contributed by atoms with Crippen molar-refractivity contribution in [3.63, 3.8) is 0 Å². The van der Waals surface area contributed by atoms with E-state index in [0.29, 0.717) is 6.61 Å². The van der Waals surface area contributed by atoms with Gasteiger partial charge in [-0.15, -0.1) is 11.3 Å². The van der Waals surface area contributed by atoms with Crippen molar-refractivity contribution in [2.75, 3.05) is 6.61 Å². The minimum atomic E-state index is -0.199. The van der Waals surface area contributed by atoms with E-state index in [9.17, 15) is 4.79 Å². The largest absolute Gasteiger partial charge is 0.462 e. The molecule has 0 fully saturated rings. The SMILES string of the molecule is CCOC(=O)c1cc(C)c(CC)s1. The average molecular weight is 198 g/mol. The Kier molecular flexibility index (Phi) is 3.48. The highest BCUT2D eigenvalue weighted by molar-refractivity contribution is 7.14. The molecule has 0 aromatic carbocycles. The summed E-state index contributed by atoms with van der Waals surface area (Å²) >= 11 is 1.53. The first-order valence-electron chi connectivity index (χ1n) is 4.45. The van der Waals surface area contributed by atoms with E-state index in [1.807, 2.05) is 19.9 Å². The molecule has 1 rings (SSSR count). The molecular formula is C10H14O2S. The average Bonchev–Trinajstić information content (AvgIpc) is 2.47. The lowest BCUT2D eigenvalue weighted by molar-refractivity contribution is 0.0532. The van der Waals surface area contributed by atoms with Crippen molar-refractivity contribution < 1.29 is 9.53 Å². The number of thiophene rings is 1. The molecule has 0 saturated carbocycles. The number of ether oxygens (including phenoxy) is 1. The van der Waals surface area contributed by atoms with Gasteiger partial charge in [0.05, 0.1) is 6.61 Å². The molecule has 0 aliphatic rings. The molecule has 2 nitrogen and oxygen atoms in total. The molecule has 13 heavy (non-hydrogen) atoms. The third-order valence-corrected chi connectivity index (χ3v) is 3.18. The van der Waals surface area contributed by atoms with Gasteiger partial charge in [-0.2, -0.15) is 0 Å². The van der Waals surface area contributed by atoms with Gasteiger partial charge in [0.1, 0.15) is 4.88 Å². The molecule has 0 unspecified atom stereocenters. The van der Waals surface area contributed by atoms with Crippen molar-refractivity contribution in [1.82, 2.24) is 0 Å². The number of rotatable bonds is 3. The topological polar surface area (TPSA) is 26.3 Å². The van der Waals surface area contributed by atoms with Crippen LogP contribution in [-0.2, 0) is 11.2 Å². The second kappa shape index (κ2) is 4.42. The molecule has 1 heterocycles. The Morgan fingerprint density at radius 3 is 2.69 bits per heavy atom. The van der Waals surface area contributed by atoms with Crippen LogP contribution >= 0.6 is 11.3 Å². The molecule has 0 radical (unpaired) electrons. The summed E-state index contributed by atoms with van der Waals surface area (Å²) in [5, 5.41) is 0. The van der Waals surface area contributed by atoms with Gasteiger partial charge in [0, 0.05) is 4.88 Å². The van der Waals surface area contributed by atoms with Crippen molar-refractivity contribution in [3.05, 3.63) is 21.4 Å². The predicted octanol–water partition coefficient (Wildman–Crippen LogP) is 2.80. The zero-order valence-corrected chi connectivity index (χ0v) is 9.03. The third-order valence-electron chi connectivity index (χ3n) is 1.82. The Balaban J connectivity index is 2.84. The van der Waals surface area contributed by atoms with Gasteiger partial charge in [-0.3, -0.25) is 0 Å². The lowest BCUT2D eigenvalue weighted by atomic mass is 10.2. The molecule has 1 aromatic heterocycles. The Morgan fingerprint density at radius 2 is 2.23 bits per heavy atom. The van der Waals surface area contributed by atoms with Crippen molar-refractivity contribution in [2.24, 2.45) is 0 Å². The molecule has 0 aliphatic carbocycles. The lowest BCUT2D eigenvalue weighted by Crippen LogP contribution is -2.01. The maximum absolute atomic E-state index is 11.3. The summed E-state index contributed by atoms with van der Waals surface area (Å²) in [5.41, 5.74) is 1.19. The first kappa shape index (κ1) is 10.3. The molecule has 72 valence electrons. The number of hydrogen-bond donors (Lipinski definition) is 0. The van der Waals surface area contributed by atoms with Crippen LogP contribution < -0.4 is 0 Å². The van der Waals surface area contributed by atoms with Gasteiger partial charge in [0.2, 0.25) is 0 Å². The van der Waals surface area contributed by atoms with Gasteiger partial charge in [-0.1, -0.05) is 6.92 Å². The number of hydrogen-bond acceptors (Lipinski definition) is 3. The molecule has 1 aromatic rings. The standard InChI is InChI=1S/C10H14O2S/c1-4-8-7(3)6-9(13-8)10(11)12-5-2/h6H,4-5H2,1-3H3. The van der Waals surface area contributed by atoms with Gasteiger partial charge >= 0.3 is 5.97 Å². The van der Waals surface area contributed by atoms with E-state index in [2.05, 4.69) is 6.92 Å². The molecule has 0 spiro atoms. The number of carbonyl (C=O) groups excluding carboxylic acids is 1. The summed E-state index contributed by atoms with van der Waals surface area (Å²) in [5.74, 6) is -0.199. The van der Waals surface area contributed by atoms with Crippen molar-refractivity contribution in [1.29, 1.82) is 0 Å². The predicted molar refractivity (Wildman–Crippen MR) is 54.4 cm³/mol. The van der Waals surface area contributed by atoms with E-state index in [1.54, 1.807) is 0 Å². The third kappa shape index (κ3) is 2.31. The number of esters is 1. The van der Waals surface area contributed by atoms with E-state index >= 15 is 0 Å². The Hall–Kier alpha value is -0.830. The van der Waals surface area contributed by atoms with E-state index in [4.69, 9.17) is 4.74 Å². The Bertz CT molecular complexity index is 302. The lowest BCUT2D eigenvalue weighted by Gasteiger charge is -1.96. The fraction of sp³-hybridized carbons (Fsp3) is 0.500. The first-order valence-corrected chi connectivity index (χ1v) is 5.27. The summed E-state index contributed by atoms with van der Waals surface area (Å²) in [7, 11) is 0. The highest BCUT2D eigenvalue weighted by atomic mass is 32.1. The van der Waals surface area contributed by atoms with Gasteiger partial charge < -0.3 is 4.74 Å². The second-order valence-corrected chi connectivity index (χ2v) is 3.93. The van der Waals surface area contributed by atoms with Crippen LogP contribution in [0.25, 0.3) is 0 Å². The van der Waals surface area contributed by atoms with Gasteiger partial charge in [-0.05, 0) is 31.9 Å². The molecule has 0 bridgehead atoms. The summed E-state index contributed by atoms with van der Waals surface area (Å²) in [4.78, 5) is 13.3. The van der Waals surface area contributed by atoms with E-state index in [-0.39, 0.29) is 5.97 Å². The molecule has 0 N–H and O–H groups in total. The van der Waals surface area contributed by atoms with Crippen molar-refractivity contribution in [3.8, 4) is 0 Å². The fourth-order valence-electron chi connectivity index (χ4n) is 1.17. The molecule has 0 amide bonds. The van der Waals surface area contributed by atoms with Crippen LogP contribution in [0.15, 0.2) is 6.07 Å². The highest BCUT2D eigenvalue weighted by Gasteiger charge is 2.11. The monoisotopic (exact) mass is 198 g/mol. The molecule has 3 heteroatoms. The zero-order valence-electron chi connectivity index (χ0n) is 8.22. The van der Waals surface area contributed by atoms with Gasteiger partial charge in [0.15, 0.2) is 0 Å². The smallest absolute Gasteiger partial charge is 0.348 e. The maximum atomic E-state index is 11.3. The quantitative estimate of drug-likeness (QED) is 0.698. The fourth-order valence-corrected chi connectivity index (χ4v) is 2.18. The number of aryl methyl sites for hydroxylation is 2. The highest BCUT2D eigenvalue weighted by Crippen LogP contribution is 2.22.